The molecule has 3 nitrogen and oxygen atoms in total. The van der Waals surface area contributed by atoms with Crippen LogP contribution in [0.2, 0.25) is 5.15 Å². The molecule has 0 saturated carbocycles. The number of fused-ring (bicyclic) bond motifs is 1. The van der Waals surface area contributed by atoms with E-state index in [2.05, 4.69) is 33.9 Å². The number of nitrogens with zero attached hydrogens (tertiary/aromatic N) is 2. The Bertz CT molecular complexity index is 475. The molecule has 0 unspecified atom stereocenters. The average Bonchev–Trinajstić information content (AvgIpc) is 2.75. The Hall–Kier alpha value is -0.580. The molecule has 2 rings (SSSR count). The smallest absolute Gasteiger partial charge is 0.195 e. The summed E-state index contributed by atoms with van der Waals surface area (Å²) >= 11 is 7.76. The van der Waals surface area contributed by atoms with Crippen LogP contribution in [0.25, 0.3) is 4.96 Å². The summed E-state index contributed by atoms with van der Waals surface area (Å²) in [6.07, 6.45) is 2.40. The van der Waals surface area contributed by atoms with Crippen molar-refractivity contribution in [1.29, 1.82) is 0 Å². The predicted octanol–water partition coefficient (Wildman–Crippen LogP) is 3.25. The Morgan fingerprint density at radius 2 is 2.38 bits per heavy atom. The van der Waals surface area contributed by atoms with Crippen LogP contribution in [0.3, 0.4) is 0 Å². The van der Waals surface area contributed by atoms with E-state index in [1.807, 2.05) is 0 Å². The molecular formula is C11H16ClN3S. The van der Waals surface area contributed by atoms with E-state index < -0.39 is 0 Å². The van der Waals surface area contributed by atoms with Gasteiger partial charge in [-0.25, -0.2) is 4.98 Å². The minimum Gasteiger partial charge on any atom is -0.311 e. The molecule has 2 heterocycles. The molecule has 1 N–H and O–H groups in total. The highest BCUT2D eigenvalue weighted by Gasteiger charge is 2.12. The van der Waals surface area contributed by atoms with Crippen LogP contribution in [-0.2, 0) is 6.54 Å². The second kappa shape index (κ2) is 5.17. The van der Waals surface area contributed by atoms with Gasteiger partial charge in [0.1, 0.15) is 0 Å². The van der Waals surface area contributed by atoms with Crippen molar-refractivity contribution in [3.63, 3.8) is 0 Å². The number of unbranched alkanes of at least 4 members (excludes halogenated alkanes) is 1. The van der Waals surface area contributed by atoms with Crippen molar-refractivity contribution in [1.82, 2.24) is 14.7 Å². The van der Waals surface area contributed by atoms with E-state index in [1.165, 1.54) is 18.5 Å². The second-order valence-electron chi connectivity index (χ2n) is 3.87. The molecule has 0 spiro atoms. The van der Waals surface area contributed by atoms with E-state index in [4.69, 9.17) is 11.6 Å². The minimum atomic E-state index is 0.624. The maximum Gasteiger partial charge on any atom is 0.195 e. The van der Waals surface area contributed by atoms with Crippen molar-refractivity contribution >= 4 is 27.9 Å². The second-order valence-corrected chi connectivity index (χ2v) is 5.07. The van der Waals surface area contributed by atoms with Crippen LogP contribution in [0.5, 0.6) is 0 Å². The SMILES string of the molecule is CCCCNCc1c(Cl)nc2scc(C)n12. The largest absolute Gasteiger partial charge is 0.311 e. The topological polar surface area (TPSA) is 29.3 Å². The molecule has 0 saturated heterocycles. The first kappa shape index (κ1) is 11.9. The van der Waals surface area contributed by atoms with E-state index in [1.54, 1.807) is 11.3 Å². The fourth-order valence-corrected chi connectivity index (χ4v) is 2.87. The molecule has 2 aromatic rings. The molecule has 16 heavy (non-hydrogen) atoms. The number of hydrogen-bond acceptors (Lipinski definition) is 3. The van der Waals surface area contributed by atoms with Gasteiger partial charge in [-0.2, -0.15) is 0 Å². The molecule has 0 atom stereocenters. The molecule has 0 aliphatic rings. The lowest BCUT2D eigenvalue weighted by molar-refractivity contribution is 0.630. The van der Waals surface area contributed by atoms with Gasteiger partial charge in [0.25, 0.3) is 0 Å². The monoisotopic (exact) mass is 257 g/mol. The quantitative estimate of drug-likeness (QED) is 0.834. The Balaban J connectivity index is 2.15. The van der Waals surface area contributed by atoms with Crippen LogP contribution in [0.1, 0.15) is 31.2 Å². The molecule has 0 radical (unpaired) electrons. The van der Waals surface area contributed by atoms with Gasteiger partial charge in [-0.05, 0) is 19.9 Å². The van der Waals surface area contributed by atoms with Gasteiger partial charge in [-0.3, -0.25) is 4.40 Å². The van der Waals surface area contributed by atoms with Crippen LogP contribution in [0.15, 0.2) is 5.38 Å². The summed E-state index contributed by atoms with van der Waals surface area (Å²) in [5.74, 6) is 0. The molecule has 0 aliphatic heterocycles. The van der Waals surface area contributed by atoms with Gasteiger partial charge in [0.15, 0.2) is 10.1 Å². The number of hydrogen-bond donors (Lipinski definition) is 1. The maximum atomic E-state index is 6.13. The summed E-state index contributed by atoms with van der Waals surface area (Å²) in [4.78, 5) is 5.32. The third-order valence-electron chi connectivity index (χ3n) is 2.58. The van der Waals surface area contributed by atoms with Crippen molar-refractivity contribution in [3.05, 3.63) is 21.9 Å². The first-order valence-electron chi connectivity index (χ1n) is 5.55. The van der Waals surface area contributed by atoms with Gasteiger partial charge >= 0.3 is 0 Å². The standard InChI is InChI=1S/C11H16ClN3S/c1-3-4-5-13-6-9-10(12)14-11-15(9)8(2)7-16-11/h7,13H,3-6H2,1-2H3. The summed E-state index contributed by atoms with van der Waals surface area (Å²) < 4.78 is 2.13. The third-order valence-corrected chi connectivity index (χ3v) is 3.83. The van der Waals surface area contributed by atoms with Crippen molar-refractivity contribution in [2.24, 2.45) is 0 Å². The summed E-state index contributed by atoms with van der Waals surface area (Å²) in [7, 11) is 0. The highest BCUT2D eigenvalue weighted by molar-refractivity contribution is 7.15. The Labute approximate surface area is 104 Å². The molecule has 0 amide bonds. The van der Waals surface area contributed by atoms with E-state index >= 15 is 0 Å². The maximum absolute atomic E-state index is 6.13. The first-order chi connectivity index (χ1) is 7.74. The molecule has 0 aliphatic carbocycles. The summed E-state index contributed by atoms with van der Waals surface area (Å²) in [6.45, 7) is 6.09. The summed E-state index contributed by atoms with van der Waals surface area (Å²) in [6, 6.07) is 0. The number of halogens is 1. The fourth-order valence-electron chi connectivity index (χ4n) is 1.70. The first-order valence-corrected chi connectivity index (χ1v) is 6.81. The molecule has 88 valence electrons. The average molecular weight is 258 g/mol. The Morgan fingerprint density at radius 3 is 3.12 bits per heavy atom. The van der Waals surface area contributed by atoms with Gasteiger partial charge in [-0.15, -0.1) is 11.3 Å². The molecule has 5 heteroatoms. The Kier molecular flexibility index (Phi) is 3.84. The number of aromatic nitrogens is 2. The molecule has 0 fully saturated rings. The van der Waals surface area contributed by atoms with Gasteiger partial charge in [0.2, 0.25) is 0 Å². The zero-order valence-electron chi connectivity index (χ0n) is 9.59. The van der Waals surface area contributed by atoms with E-state index in [-0.39, 0.29) is 0 Å². The number of imidazole rings is 1. The number of nitrogens with one attached hydrogen (secondary N) is 1. The van der Waals surface area contributed by atoms with Crippen LogP contribution in [-0.4, -0.2) is 15.9 Å². The van der Waals surface area contributed by atoms with Gasteiger partial charge in [0, 0.05) is 17.6 Å². The van der Waals surface area contributed by atoms with Crippen LogP contribution < -0.4 is 5.32 Å². The zero-order valence-corrected chi connectivity index (χ0v) is 11.2. The van der Waals surface area contributed by atoms with Crippen molar-refractivity contribution < 1.29 is 0 Å². The summed E-state index contributed by atoms with van der Waals surface area (Å²) in [5, 5.41) is 6.13. The van der Waals surface area contributed by atoms with Crippen molar-refractivity contribution in [3.8, 4) is 0 Å². The van der Waals surface area contributed by atoms with E-state index in [0.717, 1.165) is 23.7 Å². The van der Waals surface area contributed by atoms with Gasteiger partial charge in [0.05, 0.1) is 5.69 Å². The van der Waals surface area contributed by atoms with Gasteiger partial charge in [-0.1, -0.05) is 24.9 Å². The lowest BCUT2D eigenvalue weighted by Crippen LogP contribution is -2.16. The van der Waals surface area contributed by atoms with Crippen LogP contribution in [0, 0.1) is 6.92 Å². The molecule has 0 aromatic carbocycles. The van der Waals surface area contributed by atoms with E-state index in [0.29, 0.717) is 5.15 Å². The normalized spacial score (nSPS) is 11.4. The zero-order chi connectivity index (χ0) is 11.5. The van der Waals surface area contributed by atoms with E-state index in [9.17, 15) is 0 Å². The molecular weight excluding hydrogens is 242 g/mol. The fraction of sp³-hybridized carbons (Fsp3) is 0.545. The summed E-state index contributed by atoms with van der Waals surface area (Å²) in [5.41, 5.74) is 2.28. The van der Waals surface area contributed by atoms with Crippen molar-refractivity contribution in [2.45, 2.75) is 33.2 Å². The van der Waals surface area contributed by atoms with Crippen molar-refractivity contribution in [2.75, 3.05) is 6.54 Å². The predicted molar refractivity (Wildman–Crippen MR) is 69.4 cm³/mol. The number of rotatable bonds is 5. The van der Waals surface area contributed by atoms with Crippen LogP contribution >= 0.6 is 22.9 Å². The lowest BCUT2D eigenvalue weighted by atomic mass is 10.3. The third kappa shape index (κ3) is 2.24. The minimum absolute atomic E-state index is 0.624. The number of thiazole rings is 1. The lowest BCUT2D eigenvalue weighted by Gasteiger charge is -2.04. The molecule has 0 bridgehead atoms. The van der Waals surface area contributed by atoms with Crippen LogP contribution in [0.4, 0.5) is 0 Å². The van der Waals surface area contributed by atoms with Gasteiger partial charge < -0.3 is 5.32 Å². The highest BCUT2D eigenvalue weighted by Crippen LogP contribution is 2.23. The molecule has 2 aromatic heterocycles. The highest BCUT2D eigenvalue weighted by atomic mass is 35.5. The Morgan fingerprint density at radius 1 is 1.56 bits per heavy atom. The number of aryl methyl sites for hydroxylation is 1.